The maximum Gasteiger partial charge on any atom is 0.407 e. The van der Waals surface area contributed by atoms with Gasteiger partial charge in [0, 0.05) is 12.5 Å². The van der Waals surface area contributed by atoms with Crippen molar-refractivity contribution in [3.8, 4) is 5.75 Å². The van der Waals surface area contributed by atoms with Gasteiger partial charge in [0.1, 0.15) is 18.5 Å². The molecule has 1 N–H and O–H groups in total. The Bertz CT molecular complexity index is 1080. The number of hydrogen-bond donors (Lipinski definition) is 1. The van der Waals surface area contributed by atoms with E-state index in [2.05, 4.69) is 42.5 Å². The molecule has 6 nitrogen and oxygen atoms in total. The monoisotopic (exact) mass is 433 g/mol. The van der Waals surface area contributed by atoms with Gasteiger partial charge >= 0.3 is 6.09 Å². The van der Waals surface area contributed by atoms with Gasteiger partial charge in [0.15, 0.2) is 0 Å². The molecular weight excluding hydrogens is 406 g/mol. The highest BCUT2D eigenvalue weighted by molar-refractivity contribution is 5.82. The van der Waals surface area contributed by atoms with Crippen molar-refractivity contribution >= 4 is 16.9 Å². The standard InChI is InChI=1S/C26H27NO5/c28-26(29)27-12-11-24(20-7-9-22(10-8-20)30-16-23-17-31-23)25(14-27)32-15-18-5-6-19-3-1-2-4-21(19)13-18/h1-10,13,23-25H,11-12,14-17H2,(H,28,29). The lowest BCUT2D eigenvalue weighted by molar-refractivity contribution is -0.0199. The molecule has 0 bridgehead atoms. The van der Waals surface area contributed by atoms with Crippen LogP contribution in [0.25, 0.3) is 10.8 Å². The van der Waals surface area contributed by atoms with Crippen molar-refractivity contribution in [2.45, 2.75) is 31.2 Å². The number of rotatable bonds is 7. The maximum absolute atomic E-state index is 11.6. The molecule has 1 amide bonds. The van der Waals surface area contributed by atoms with Crippen LogP contribution >= 0.6 is 0 Å². The molecule has 0 saturated carbocycles. The fourth-order valence-electron chi connectivity index (χ4n) is 4.34. The Morgan fingerprint density at radius 1 is 1.06 bits per heavy atom. The molecule has 166 valence electrons. The van der Waals surface area contributed by atoms with E-state index in [0.29, 0.717) is 26.3 Å². The number of fused-ring (bicyclic) bond motifs is 1. The lowest BCUT2D eigenvalue weighted by Crippen LogP contribution is -2.46. The molecule has 32 heavy (non-hydrogen) atoms. The summed E-state index contributed by atoms with van der Waals surface area (Å²) in [6.07, 6.45) is -0.153. The largest absolute Gasteiger partial charge is 0.491 e. The van der Waals surface area contributed by atoms with Crippen LogP contribution in [0.3, 0.4) is 0 Å². The van der Waals surface area contributed by atoms with Crippen molar-refractivity contribution in [3.63, 3.8) is 0 Å². The Morgan fingerprint density at radius 2 is 1.84 bits per heavy atom. The van der Waals surface area contributed by atoms with Crippen LogP contribution < -0.4 is 4.74 Å². The summed E-state index contributed by atoms with van der Waals surface area (Å²) in [7, 11) is 0. The van der Waals surface area contributed by atoms with Crippen LogP contribution in [0.15, 0.2) is 66.7 Å². The van der Waals surface area contributed by atoms with Crippen molar-refractivity contribution in [1.29, 1.82) is 0 Å². The molecule has 6 heteroatoms. The number of nitrogens with zero attached hydrogens (tertiary/aromatic N) is 1. The SMILES string of the molecule is O=C(O)N1CCC(c2ccc(OCC3CO3)cc2)C(OCc2ccc3ccccc3c2)C1. The number of epoxide rings is 1. The third-order valence-electron chi connectivity index (χ3n) is 6.25. The molecule has 2 saturated heterocycles. The summed E-state index contributed by atoms with van der Waals surface area (Å²) in [4.78, 5) is 13.0. The predicted molar refractivity (Wildman–Crippen MR) is 121 cm³/mol. The third kappa shape index (κ3) is 4.87. The summed E-state index contributed by atoms with van der Waals surface area (Å²) >= 11 is 0. The van der Waals surface area contributed by atoms with E-state index >= 15 is 0 Å². The maximum atomic E-state index is 11.6. The van der Waals surface area contributed by atoms with E-state index in [1.807, 2.05) is 24.3 Å². The van der Waals surface area contributed by atoms with Gasteiger partial charge in [0.25, 0.3) is 0 Å². The molecule has 2 fully saturated rings. The van der Waals surface area contributed by atoms with Gasteiger partial charge in [-0.25, -0.2) is 4.79 Å². The van der Waals surface area contributed by atoms with Gasteiger partial charge < -0.3 is 24.2 Å². The second-order valence-corrected chi connectivity index (χ2v) is 8.49. The van der Waals surface area contributed by atoms with Gasteiger partial charge in [0.05, 0.1) is 25.9 Å². The second kappa shape index (κ2) is 9.18. The number of amides is 1. The summed E-state index contributed by atoms with van der Waals surface area (Å²) in [6.45, 7) is 2.67. The van der Waals surface area contributed by atoms with E-state index in [4.69, 9.17) is 14.2 Å². The van der Waals surface area contributed by atoms with Crippen molar-refractivity contribution in [2.75, 3.05) is 26.3 Å². The number of hydrogen-bond acceptors (Lipinski definition) is 4. The molecule has 3 aromatic carbocycles. The molecule has 3 unspecified atom stereocenters. The van der Waals surface area contributed by atoms with E-state index in [9.17, 15) is 9.90 Å². The minimum absolute atomic E-state index is 0.131. The van der Waals surface area contributed by atoms with Crippen LogP contribution in [-0.4, -0.2) is 54.6 Å². The van der Waals surface area contributed by atoms with Gasteiger partial charge in [-0.1, -0.05) is 48.5 Å². The highest BCUT2D eigenvalue weighted by Crippen LogP contribution is 2.32. The number of likely N-dealkylation sites (tertiary alicyclic amines) is 1. The molecule has 2 aliphatic heterocycles. The topological polar surface area (TPSA) is 71.5 Å². The van der Waals surface area contributed by atoms with Gasteiger partial charge in [-0.15, -0.1) is 0 Å². The van der Waals surface area contributed by atoms with Crippen molar-refractivity contribution in [1.82, 2.24) is 4.90 Å². The van der Waals surface area contributed by atoms with Gasteiger partial charge in [-0.3, -0.25) is 0 Å². The second-order valence-electron chi connectivity index (χ2n) is 8.49. The van der Waals surface area contributed by atoms with Crippen molar-refractivity contribution < 1.29 is 24.1 Å². The predicted octanol–water partition coefficient (Wildman–Crippen LogP) is 4.67. The van der Waals surface area contributed by atoms with Crippen LogP contribution in [0.2, 0.25) is 0 Å². The molecule has 2 aliphatic rings. The zero-order valence-corrected chi connectivity index (χ0v) is 17.9. The number of benzene rings is 3. The summed E-state index contributed by atoms with van der Waals surface area (Å²) in [5.74, 6) is 0.952. The Morgan fingerprint density at radius 3 is 2.59 bits per heavy atom. The molecule has 3 atom stereocenters. The van der Waals surface area contributed by atoms with Crippen LogP contribution in [0.4, 0.5) is 4.79 Å². The summed E-state index contributed by atoms with van der Waals surface area (Å²) < 4.78 is 17.3. The highest BCUT2D eigenvalue weighted by atomic mass is 16.6. The Hall–Kier alpha value is -3.09. The number of carboxylic acid groups (broad SMARTS) is 1. The zero-order chi connectivity index (χ0) is 21.9. The molecule has 3 aromatic rings. The smallest absolute Gasteiger partial charge is 0.407 e. The molecular formula is C26H27NO5. The molecule has 0 aromatic heterocycles. The van der Waals surface area contributed by atoms with Crippen molar-refractivity contribution in [2.24, 2.45) is 0 Å². The number of ether oxygens (including phenoxy) is 3. The highest BCUT2D eigenvalue weighted by Gasteiger charge is 2.33. The lowest BCUT2D eigenvalue weighted by atomic mass is 9.87. The Balaban J connectivity index is 1.29. The lowest BCUT2D eigenvalue weighted by Gasteiger charge is -2.37. The normalized spacial score (nSPS) is 22.6. The summed E-state index contributed by atoms with van der Waals surface area (Å²) in [5, 5.41) is 11.9. The average molecular weight is 434 g/mol. The van der Waals surface area contributed by atoms with E-state index in [1.165, 1.54) is 15.7 Å². The fourth-order valence-corrected chi connectivity index (χ4v) is 4.34. The minimum Gasteiger partial charge on any atom is -0.491 e. The number of piperidine rings is 1. The first kappa shape index (κ1) is 20.8. The molecule has 5 rings (SSSR count). The van der Waals surface area contributed by atoms with Crippen LogP contribution in [0, 0.1) is 0 Å². The van der Waals surface area contributed by atoms with Crippen molar-refractivity contribution in [3.05, 3.63) is 77.9 Å². The Kier molecular flexibility index (Phi) is 5.97. The summed E-state index contributed by atoms with van der Waals surface area (Å²) in [6, 6.07) is 22.6. The first-order valence-corrected chi connectivity index (χ1v) is 11.1. The molecule has 2 heterocycles. The zero-order valence-electron chi connectivity index (χ0n) is 17.9. The third-order valence-corrected chi connectivity index (χ3v) is 6.25. The van der Waals surface area contributed by atoms with E-state index in [0.717, 1.165) is 29.9 Å². The summed E-state index contributed by atoms with van der Waals surface area (Å²) in [5.41, 5.74) is 2.23. The Labute approximate surface area is 187 Å². The van der Waals surface area contributed by atoms with Crippen LogP contribution in [0.1, 0.15) is 23.5 Å². The van der Waals surface area contributed by atoms with Crippen LogP contribution in [-0.2, 0) is 16.1 Å². The quantitative estimate of drug-likeness (QED) is 0.548. The van der Waals surface area contributed by atoms with E-state index < -0.39 is 6.09 Å². The molecule has 0 spiro atoms. The average Bonchev–Trinajstić information content (AvgIpc) is 3.66. The molecule has 0 radical (unpaired) electrons. The minimum atomic E-state index is -0.895. The van der Waals surface area contributed by atoms with E-state index in [1.54, 1.807) is 0 Å². The van der Waals surface area contributed by atoms with Gasteiger partial charge in [0.2, 0.25) is 0 Å². The molecule has 0 aliphatic carbocycles. The first-order chi connectivity index (χ1) is 15.7. The van der Waals surface area contributed by atoms with Gasteiger partial charge in [-0.2, -0.15) is 0 Å². The van der Waals surface area contributed by atoms with E-state index in [-0.39, 0.29) is 18.1 Å². The van der Waals surface area contributed by atoms with Crippen LogP contribution in [0.5, 0.6) is 5.75 Å². The van der Waals surface area contributed by atoms with Gasteiger partial charge in [-0.05, 0) is 46.5 Å². The first-order valence-electron chi connectivity index (χ1n) is 11.1. The number of carbonyl (C=O) groups is 1. The fraction of sp³-hybridized carbons (Fsp3) is 0.346.